The van der Waals surface area contributed by atoms with Crippen molar-refractivity contribution in [2.24, 2.45) is 0 Å². The molecule has 0 aliphatic rings. The van der Waals surface area contributed by atoms with Gasteiger partial charge in [0, 0.05) is 38.2 Å². The van der Waals surface area contributed by atoms with E-state index in [2.05, 4.69) is 30.5 Å². The fourth-order valence-electron chi connectivity index (χ4n) is 1.22. The van der Waals surface area contributed by atoms with Gasteiger partial charge in [-0.2, -0.15) is 5.10 Å². The highest BCUT2D eigenvalue weighted by atomic mass is 32.2. The minimum Gasteiger partial charge on any atom is -0.383 e. The molecule has 0 atom stereocenters. The quantitative estimate of drug-likeness (QED) is 0.556. The van der Waals surface area contributed by atoms with Crippen LogP contribution >= 0.6 is 11.8 Å². The largest absolute Gasteiger partial charge is 0.383 e. The van der Waals surface area contributed by atoms with Gasteiger partial charge >= 0.3 is 0 Å². The standard InChI is InChI=1S/C10H14N6OS/c1-17-3-2-11-4-8-5-12-9(13-6-8)18-10-14-7-15-16-10/h5-7,11H,2-4H2,1H3,(H,14,15,16). The Labute approximate surface area is 109 Å². The van der Waals surface area contributed by atoms with Crippen molar-refractivity contribution in [3.05, 3.63) is 24.3 Å². The zero-order chi connectivity index (χ0) is 12.6. The lowest BCUT2D eigenvalue weighted by molar-refractivity contribution is 0.199. The SMILES string of the molecule is COCCNCc1cnc(Sc2ncn[nH]2)nc1. The molecule has 7 nitrogen and oxygen atoms in total. The van der Waals surface area contributed by atoms with Crippen molar-refractivity contribution in [1.29, 1.82) is 0 Å². The van der Waals surface area contributed by atoms with Gasteiger partial charge in [-0.15, -0.1) is 0 Å². The second kappa shape index (κ2) is 7.04. The van der Waals surface area contributed by atoms with Gasteiger partial charge in [-0.25, -0.2) is 15.0 Å². The fraction of sp³-hybridized carbons (Fsp3) is 0.400. The Morgan fingerprint density at radius 1 is 1.33 bits per heavy atom. The maximum Gasteiger partial charge on any atom is 0.195 e. The summed E-state index contributed by atoms with van der Waals surface area (Å²) < 4.78 is 4.94. The lowest BCUT2D eigenvalue weighted by Crippen LogP contribution is -2.18. The smallest absolute Gasteiger partial charge is 0.195 e. The predicted octanol–water partition coefficient (Wildman–Crippen LogP) is 0.482. The lowest BCUT2D eigenvalue weighted by Gasteiger charge is -2.03. The topological polar surface area (TPSA) is 88.6 Å². The van der Waals surface area contributed by atoms with Gasteiger partial charge in [0.15, 0.2) is 10.3 Å². The van der Waals surface area contributed by atoms with Crippen molar-refractivity contribution in [3.8, 4) is 0 Å². The van der Waals surface area contributed by atoms with Gasteiger partial charge in [-0.1, -0.05) is 0 Å². The van der Waals surface area contributed by atoms with Crippen LogP contribution < -0.4 is 5.32 Å². The molecule has 0 unspecified atom stereocenters. The lowest BCUT2D eigenvalue weighted by atomic mass is 10.3. The molecule has 0 spiro atoms. The molecule has 2 aromatic heterocycles. The first kappa shape index (κ1) is 12.9. The highest BCUT2D eigenvalue weighted by Crippen LogP contribution is 2.18. The summed E-state index contributed by atoms with van der Waals surface area (Å²) in [5, 5.41) is 11.1. The first-order valence-corrected chi connectivity index (χ1v) is 6.24. The first-order chi connectivity index (χ1) is 8.88. The molecule has 0 aliphatic heterocycles. The molecule has 2 rings (SSSR count). The molecule has 0 saturated heterocycles. The minimum absolute atomic E-state index is 0.646. The Hall–Kier alpha value is -1.51. The Kier molecular flexibility index (Phi) is 5.06. The van der Waals surface area contributed by atoms with Crippen LogP contribution in [0.1, 0.15) is 5.56 Å². The van der Waals surface area contributed by atoms with Crippen molar-refractivity contribution >= 4 is 11.8 Å². The van der Waals surface area contributed by atoms with Gasteiger partial charge in [0.05, 0.1) is 6.61 Å². The van der Waals surface area contributed by atoms with E-state index < -0.39 is 0 Å². The van der Waals surface area contributed by atoms with Gasteiger partial charge in [0.25, 0.3) is 0 Å². The van der Waals surface area contributed by atoms with E-state index in [1.807, 2.05) is 0 Å². The number of methoxy groups -OCH3 is 1. The second-order valence-electron chi connectivity index (χ2n) is 3.44. The molecule has 96 valence electrons. The van der Waals surface area contributed by atoms with E-state index in [0.717, 1.165) is 18.7 Å². The summed E-state index contributed by atoms with van der Waals surface area (Å²) in [6.07, 6.45) is 5.05. The third-order valence-corrected chi connectivity index (χ3v) is 2.86. The average molecular weight is 266 g/mol. The van der Waals surface area contributed by atoms with Crippen LogP contribution in [0.3, 0.4) is 0 Å². The van der Waals surface area contributed by atoms with E-state index in [1.165, 1.54) is 18.1 Å². The van der Waals surface area contributed by atoms with Gasteiger partial charge < -0.3 is 10.1 Å². The van der Waals surface area contributed by atoms with Crippen LogP contribution in [-0.2, 0) is 11.3 Å². The zero-order valence-electron chi connectivity index (χ0n) is 9.96. The van der Waals surface area contributed by atoms with E-state index in [9.17, 15) is 0 Å². The molecule has 0 fully saturated rings. The summed E-state index contributed by atoms with van der Waals surface area (Å²) in [6, 6.07) is 0. The van der Waals surface area contributed by atoms with Crippen molar-refractivity contribution < 1.29 is 4.74 Å². The van der Waals surface area contributed by atoms with E-state index >= 15 is 0 Å². The Morgan fingerprint density at radius 2 is 2.17 bits per heavy atom. The molecule has 0 bridgehead atoms. The van der Waals surface area contributed by atoms with E-state index in [-0.39, 0.29) is 0 Å². The first-order valence-electron chi connectivity index (χ1n) is 5.42. The summed E-state index contributed by atoms with van der Waals surface area (Å²) in [7, 11) is 1.68. The molecule has 0 radical (unpaired) electrons. The van der Waals surface area contributed by atoms with E-state index in [4.69, 9.17) is 4.74 Å². The maximum absolute atomic E-state index is 4.94. The van der Waals surface area contributed by atoms with Crippen LogP contribution in [0.2, 0.25) is 0 Å². The maximum atomic E-state index is 4.94. The highest BCUT2D eigenvalue weighted by molar-refractivity contribution is 7.99. The fourth-order valence-corrected chi connectivity index (χ4v) is 1.81. The van der Waals surface area contributed by atoms with Crippen LogP contribution in [0, 0.1) is 0 Å². The Bertz CT molecular complexity index is 446. The molecule has 0 amide bonds. The number of ether oxygens (including phenoxy) is 1. The summed E-state index contributed by atoms with van der Waals surface area (Å²) in [5.74, 6) is 0. The number of aromatic amines is 1. The summed E-state index contributed by atoms with van der Waals surface area (Å²) in [6.45, 7) is 2.24. The monoisotopic (exact) mass is 266 g/mol. The molecule has 0 saturated carbocycles. The number of H-pyrrole nitrogens is 1. The number of nitrogens with one attached hydrogen (secondary N) is 2. The highest BCUT2D eigenvalue weighted by Gasteiger charge is 2.02. The Morgan fingerprint density at radius 3 is 2.83 bits per heavy atom. The van der Waals surface area contributed by atoms with Crippen LogP contribution in [-0.4, -0.2) is 45.4 Å². The minimum atomic E-state index is 0.646. The summed E-state index contributed by atoms with van der Waals surface area (Å²) >= 11 is 1.34. The van der Waals surface area contributed by atoms with Gasteiger partial charge in [-0.3, -0.25) is 5.10 Å². The number of hydrogen-bond donors (Lipinski definition) is 2. The molecule has 0 aromatic carbocycles. The molecule has 0 aliphatic carbocycles. The van der Waals surface area contributed by atoms with Gasteiger partial charge in [0.1, 0.15) is 6.33 Å². The molecule has 2 aromatic rings. The molecule has 18 heavy (non-hydrogen) atoms. The van der Waals surface area contributed by atoms with Crippen molar-refractivity contribution in [2.75, 3.05) is 20.3 Å². The van der Waals surface area contributed by atoms with Crippen LogP contribution in [0.25, 0.3) is 0 Å². The van der Waals surface area contributed by atoms with Crippen LogP contribution in [0.4, 0.5) is 0 Å². The average Bonchev–Trinajstić information content (AvgIpc) is 2.89. The number of rotatable bonds is 7. The number of hydrogen-bond acceptors (Lipinski definition) is 7. The van der Waals surface area contributed by atoms with E-state index in [0.29, 0.717) is 16.9 Å². The third kappa shape index (κ3) is 4.06. The second-order valence-corrected chi connectivity index (χ2v) is 4.39. The van der Waals surface area contributed by atoms with Crippen LogP contribution in [0.15, 0.2) is 29.0 Å². The van der Waals surface area contributed by atoms with Crippen molar-refractivity contribution in [2.45, 2.75) is 16.9 Å². The van der Waals surface area contributed by atoms with Crippen LogP contribution in [0.5, 0.6) is 0 Å². The molecular weight excluding hydrogens is 252 g/mol. The molecule has 2 N–H and O–H groups in total. The summed E-state index contributed by atoms with van der Waals surface area (Å²) in [4.78, 5) is 12.5. The third-order valence-electron chi connectivity index (χ3n) is 2.07. The number of nitrogens with zero attached hydrogens (tertiary/aromatic N) is 4. The molecule has 8 heteroatoms. The zero-order valence-corrected chi connectivity index (χ0v) is 10.8. The van der Waals surface area contributed by atoms with Crippen molar-refractivity contribution in [3.63, 3.8) is 0 Å². The number of aromatic nitrogens is 5. The van der Waals surface area contributed by atoms with Gasteiger partial charge in [0.2, 0.25) is 0 Å². The normalized spacial score (nSPS) is 10.7. The van der Waals surface area contributed by atoms with Gasteiger partial charge in [-0.05, 0) is 11.8 Å². The summed E-state index contributed by atoms with van der Waals surface area (Å²) in [5.41, 5.74) is 1.04. The van der Waals surface area contributed by atoms with Crippen molar-refractivity contribution in [1.82, 2.24) is 30.5 Å². The molecule has 2 heterocycles. The Balaban J connectivity index is 1.82. The van der Waals surface area contributed by atoms with E-state index in [1.54, 1.807) is 19.5 Å². The predicted molar refractivity (Wildman–Crippen MR) is 66.1 cm³/mol. The molecular formula is C10H14N6OS.